The average molecular weight is 335 g/mol. The van der Waals surface area contributed by atoms with E-state index in [1.54, 1.807) is 0 Å². The SMILES string of the molecule is C[C@@H](C(=O)NC(=O)NC12CC3CC(CC(C3)C1)C2)N1CCOCC1. The number of amides is 3. The van der Waals surface area contributed by atoms with E-state index in [0.717, 1.165) is 50.1 Å². The fraction of sp³-hybridized carbons (Fsp3) is 0.889. The fourth-order valence-electron chi connectivity index (χ4n) is 5.88. The van der Waals surface area contributed by atoms with Crippen LogP contribution in [0.2, 0.25) is 0 Å². The van der Waals surface area contributed by atoms with Crippen molar-refractivity contribution in [3.05, 3.63) is 0 Å². The second-order valence-electron chi connectivity index (χ2n) is 8.47. The highest BCUT2D eigenvalue weighted by Crippen LogP contribution is 2.55. The summed E-state index contributed by atoms with van der Waals surface area (Å²) in [5.41, 5.74) is -0.0543. The average Bonchev–Trinajstić information content (AvgIpc) is 2.53. The van der Waals surface area contributed by atoms with Crippen LogP contribution in [0.4, 0.5) is 4.79 Å². The van der Waals surface area contributed by atoms with Gasteiger partial charge >= 0.3 is 6.03 Å². The molecule has 134 valence electrons. The molecule has 4 bridgehead atoms. The van der Waals surface area contributed by atoms with Crippen LogP contribution in [-0.4, -0.2) is 54.7 Å². The van der Waals surface area contributed by atoms with Crippen LogP contribution in [0.1, 0.15) is 45.4 Å². The van der Waals surface area contributed by atoms with Crippen molar-refractivity contribution < 1.29 is 14.3 Å². The van der Waals surface area contributed by atoms with E-state index < -0.39 is 0 Å². The molecular weight excluding hydrogens is 306 g/mol. The Morgan fingerprint density at radius 2 is 1.58 bits per heavy atom. The molecule has 1 aliphatic heterocycles. The van der Waals surface area contributed by atoms with E-state index in [1.807, 2.05) is 6.92 Å². The minimum absolute atomic E-state index is 0.0543. The molecule has 0 unspecified atom stereocenters. The quantitative estimate of drug-likeness (QED) is 0.820. The predicted octanol–water partition coefficient (Wildman–Crippen LogP) is 1.50. The minimum atomic E-state index is -0.304. The second-order valence-corrected chi connectivity index (χ2v) is 8.47. The molecule has 0 radical (unpaired) electrons. The van der Waals surface area contributed by atoms with Crippen LogP contribution in [0, 0.1) is 17.8 Å². The molecule has 1 heterocycles. The molecule has 0 aromatic carbocycles. The first-order valence-corrected chi connectivity index (χ1v) is 9.48. The Balaban J connectivity index is 1.32. The lowest BCUT2D eigenvalue weighted by atomic mass is 9.53. The molecule has 2 N–H and O–H groups in total. The van der Waals surface area contributed by atoms with Crippen molar-refractivity contribution in [1.29, 1.82) is 0 Å². The van der Waals surface area contributed by atoms with Gasteiger partial charge in [0.1, 0.15) is 0 Å². The van der Waals surface area contributed by atoms with Crippen LogP contribution in [0.3, 0.4) is 0 Å². The summed E-state index contributed by atoms with van der Waals surface area (Å²) in [7, 11) is 0. The summed E-state index contributed by atoms with van der Waals surface area (Å²) in [6.45, 7) is 4.64. The molecule has 6 nitrogen and oxygen atoms in total. The van der Waals surface area contributed by atoms with E-state index in [4.69, 9.17) is 4.74 Å². The standard InChI is InChI=1S/C18H29N3O3/c1-12(21-2-4-24-5-3-21)16(22)19-17(23)20-18-9-13-6-14(10-18)8-15(7-13)11-18/h12-15H,2-11H2,1H3,(H2,19,20,22,23)/t12-,13?,14?,15?,18?/m0/s1. The van der Waals surface area contributed by atoms with Crippen molar-refractivity contribution in [3.8, 4) is 0 Å². The summed E-state index contributed by atoms with van der Waals surface area (Å²) >= 11 is 0. The number of morpholine rings is 1. The van der Waals surface area contributed by atoms with Crippen LogP contribution in [-0.2, 0) is 9.53 Å². The molecule has 1 saturated heterocycles. The number of nitrogens with one attached hydrogen (secondary N) is 2. The number of nitrogens with zero attached hydrogens (tertiary/aromatic N) is 1. The van der Waals surface area contributed by atoms with Gasteiger partial charge in [0.2, 0.25) is 5.91 Å². The van der Waals surface area contributed by atoms with Gasteiger partial charge in [-0.2, -0.15) is 0 Å². The topological polar surface area (TPSA) is 70.7 Å². The molecule has 0 aromatic heterocycles. The van der Waals surface area contributed by atoms with Gasteiger partial charge in [-0.25, -0.2) is 4.79 Å². The van der Waals surface area contributed by atoms with Crippen molar-refractivity contribution in [2.45, 2.75) is 57.0 Å². The van der Waals surface area contributed by atoms with E-state index in [9.17, 15) is 9.59 Å². The van der Waals surface area contributed by atoms with Crippen LogP contribution < -0.4 is 10.6 Å². The monoisotopic (exact) mass is 335 g/mol. The maximum Gasteiger partial charge on any atom is 0.321 e. The maximum absolute atomic E-state index is 12.4. The number of hydrogen-bond acceptors (Lipinski definition) is 4. The lowest BCUT2D eigenvalue weighted by molar-refractivity contribution is -0.126. The molecule has 5 rings (SSSR count). The Bertz CT molecular complexity index is 480. The van der Waals surface area contributed by atoms with Gasteiger partial charge < -0.3 is 10.1 Å². The minimum Gasteiger partial charge on any atom is -0.379 e. The molecule has 1 atom stereocenters. The highest BCUT2D eigenvalue weighted by molar-refractivity contribution is 5.97. The number of imide groups is 1. The van der Waals surface area contributed by atoms with Gasteiger partial charge in [0.15, 0.2) is 0 Å². The van der Waals surface area contributed by atoms with Gasteiger partial charge in [-0.3, -0.25) is 15.0 Å². The van der Waals surface area contributed by atoms with E-state index in [0.29, 0.717) is 13.2 Å². The number of urea groups is 1. The molecule has 3 amide bonds. The molecular formula is C18H29N3O3. The van der Waals surface area contributed by atoms with Crippen molar-refractivity contribution in [2.24, 2.45) is 17.8 Å². The normalized spacial score (nSPS) is 39.5. The summed E-state index contributed by atoms with van der Waals surface area (Å²) in [5.74, 6) is 2.12. The number of carbonyl (C=O) groups is 2. The van der Waals surface area contributed by atoms with Crippen molar-refractivity contribution in [2.75, 3.05) is 26.3 Å². The van der Waals surface area contributed by atoms with Gasteiger partial charge in [0.05, 0.1) is 19.3 Å². The summed E-state index contributed by atoms with van der Waals surface area (Å²) in [4.78, 5) is 26.9. The zero-order chi connectivity index (χ0) is 16.7. The highest BCUT2D eigenvalue weighted by atomic mass is 16.5. The number of carbonyl (C=O) groups excluding carboxylic acids is 2. The third-order valence-corrected chi connectivity index (χ3v) is 6.63. The first-order valence-electron chi connectivity index (χ1n) is 9.48. The van der Waals surface area contributed by atoms with Gasteiger partial charge in [-0.05, 0) is 63.2 Å². The number of rotatable bonds is 3. The zero-order valence-electron chi connectivity index (χ0n) is 14.6. The number of ether oxygens (including phenoxy) is 1. The smallest absolute Gasteiger partial charge is 0.321 e. The van der Waals surface area contributed by atoms with Crippen LogP contribution in [0.25, 0.3) is 0 Å². The Morgan fingerprint density at radius 3 is 2.12 bits per heavy atom. The Hall–Kier alpha value is -1.14. The lowest BCUT2D eigenvalue weighted by Gasteiger charge is -2.56. The summed E-state index contributed by atoms with van der Waals surface area (Å²) in [6, 6.07) is -0.599. The van der Waals surface area contributed by atoms with Gasteiger partial charge in [-0.15, -0.1) is 0 Å². The van der Waals surface area contributed by atoms with Crippen molar-refractivity contribution in [3.63, 3.8) is 0 Å². The Morgan fingerprint density at radius 1 is 1.04 bits per heavy atom. The third kappa shape index (κ3) is 3.18. The first kappa shape index (κ1) is 16.3. The lowest BCUT2D eigenvalue weighted by Crippen LogP contribution is -2.62. The molecule has 4 aliphatic carbocycles. The molecule has 5 fully saturated rings. The first-order chi connectivity index (χ1) is 11.5. The number of hydrogen-bond donors (Lipinski definition) is 2. The van der Waals surface area contributed by atoms with Crippen LogP contribution >= 0.6 is 0 Å². The van der Waals surface area contributed by atoms with E-state index in [-0.39, 0.29) is 23.5 Å². The van der Waals surface area contributed by atoms with Gasteiger partial charge in [-0.1, -0.05) is 0 Å². The molecule has 0 spiro atoms. The Labute approximate surface area is 143 Å². The summed E-state index contributed by atoms with van der Waals surface area (Å²) < 4.78 is 5.32. The van der Waals surface area contributed by atoms with Gasteiger partial charge in [0, 0.05) is 18.6 Å². The Kier molecular flexibility index (Phi) is 4.29. The van der Waals surface area contributed by atoms with Crippen LogP contribution in [0.15, 0.2) is 0 Å². The second kappa shape index (κ2) is 6.30. The summed E-state index contributed by atoms with van der Waals surface area (Å²) in [6.07, 6.45) is 7.32. The third-order valence-electron chi connectivity index (χ3n) is 6.63. The molecule has 4 saturated carbocycles. The summed E-state index contributed by atoms with van der Waals surface area (Å²) in [5, 5.41) is 5.78. The van der Waals surface area contributed by atoms with E-state index in [2.05, 4.69) is 15.5 Å². The van der Waals surface area contributed by atoms with Crippen molar-refractivity contribution in [1.82, 2.24) is 15.5 Å². The molecule has 6 heteroatoms. The highest BCUT2D eigenvalue weighted by Gasteiger charge is 2.51. The van der Waals surface area contributed by atoms with E-state index in [1.165, 1.54) is 19.3 Å². The van der Waals surface area contributed by atoms with Gasteiger partial charge in [0.25, 0.3) is 0 Å². The molecule has 24 heavy (non-hydrogen) atoms. The molecule has 0 aromatic rings. The van der Waals surface area contributed by atoms with E-state index >= 15 is 0 Å². The maximum atomic E-state index is 12.4. The largest absolute Gasteiger partial charge is 0.379 e. The van der Waals surface area contributed by atoms with Crippen LogP contribution in [0.5, 0.6) is 0 Å². The van der Waals surface area contributed by atoms with Crippen molar-refractivity contribution >= 4 is 11.9 Å². The fourth-order valence-corrected chi connectivity index (χ4v) is 5.88. The zero-order valence-corrected chi connectivity index (χ0v) is 14.6. The molecule has 5 aliphatic rings. The predicted molar refractivity (Wildman–Crippen MR) is 89.4 cm³/mol.